The van der Waals surface area contributed by atoms with Crippen LogP contribution < -0.4 is 14.3 Å². The summed E-state index contributed by atoms with van der Waals surface area (Å²) in [6, 6.07) is 9.53. The van der Waals surface area contributed by atoms with Crippen LogP contribution in [0.4, 0.5) is 4.39 Å². The number of halogens is 1. The molecule has 1 amide bonds. The molecule has 0 unspecified atom stereocenters. The summed E-state index contributed by atoms with van der Waals surface area (Å²) in [5.41, 5.74) is 1.58. The van der Waals surface area contributed by atoms with E-state index >= 15 is 0 Å². The highest BCUT2D eigenvalue weighted by atomic mass is 32.1. The molecule has 3 aromatic rings. The fourth-order valence-electron chi connectivity index (χ4n) is 2.76. The minimum atomic E-state index is -0.328. The Labute approximate surface area is 154 Å². The van der Waals surface area contributed by atoms with Crippen LogP contribution in [0.5, 0.6) is 11.5 Å². The van der Waals surface area contributed by atoms with Gasteiger partial charge in [0, 0.05) is 6.54 Å². The molecular formula is C19H19FN2O3S. The van der Waals surface area contributed by atoms with E-state index in [0.29, 0.717) is 22.8 Å². The monoisotopic (exact) mass is 374 g/mol. The predicted octanol–water partition coefficient (Wildman–Crippen LogP) is 3.55. The minimum absolute atomic E-state index is 0.118. The molecule has 0 aliphatic heterocycles. The maximum atomic E-state index is 13.0. The number of nitrogens with zero attached hydrogens (tertiary/aromatic N) is 2. The summed E-state index contributed by atoms with van der Waals surface area (Å²) in [6.07, 6.45) is 0.118. The minimum Gasteiger partial charge on any atom is -0.495 e. The first-order chi connectivity index (χ1) is 12.6. The average Bonchev–Trinajstić information content (AvgIpc) is 3.00. The third-order valence-corrected chi connectivity index (χ3v) is 5.09. The molecule has 0 atom stereocenters. The van der Waals surface area contributed by atoms with Crippen molar-refractivity contribution in [3.8, 4) is 11.5 Å². The number of hydrogen-bond acceptors (Lipinski definition) is 4. The second kappa shape index (κ2) is 7.70. The van der Waals surface area contributed by atoms with Crippen molar-refractivity contribution in [2.75, 3.05) is 14.2 Å². The van der Waals surface area contributed by atoms with Gasteiger partial charge in [0.2, 0.25) is 0 Å². The molecule has 0 bridgehead atoms. The molecule has 0 spiro atoms. The lowest BCUT2D eigenvalue weighted by Crippen LogP contribution is -2.16. The highest BCUT2D eigenvalue weighted by Crippen LogP contribution is 2.35. The lowest BCUT2D eigenvalue weighted by Gasteiger charge is -2.08. The largest absolute Gasteiger partial charge is 0.495 e. The van der Waals surface area contributed by atoms with Gasteiger partial charge in [-0.1, -0.05) is 23.5 Å². The number of aromatic nitrogens is 1. The van der Waals surface area contributed by atoms with Crippen LogP contribution in [0.3, 0.4) is 0 Å². The number of ether oxygens (including phenoxy) is 2. The number of hydrogen-bond donors (Lipinski definition) is 0. The first kappa shape index (κ1) is 18.1. The van der Waals surface area contributed by atoms with E-state index in [9.17, 15) is 9.18 Å². The van der Waals surface area contributed by atoms with Crippen LogP contribution in [0.15, 0.2) is 41.4 Å². The van der Waals surface area contributed by atoms with Gasteiger partial charge >= 0.3 is 0 Å². The van der Waals surface area contributed by atoms with Crippen LogP contribution in [0.2, 0.25) is 0 Å². The fourth-order valence-corrected chi connectivity index (χ4v) is 3.98. The average molecular weight is 374 g/mol. The highest BCUT2D eigenvalue weighted by Gasteiger charge is 2.15. The van der Waals surface area contributed by atoms with Crippen molar-refractivity contribution in [2.45, 2.75) is 19.9 Å². The number of aryl methyl sites for hydroxylation is 1. The SMILES string of the molecule is CCn1c(=NC(=O)Cc2ccc(F)cc2)sc2c(OC)ccc(OC)c21. The number of methoxy groups -OCH3 is 2. The summed E-state index contributed by atoms with van der Waals surface area (Å²) in [7, 11) is 3.21. The first-order valence-corrected chi connectivity index (χ1v) is 8.95. The third-order valence-electron chi connectivity index (χ3n) is 4.00. The number of thiazole rings is 1. The van der Waals surface area contributed by atoms with Crippen LogP contribution in [-0.2, 0) is 17.8 Å². The lowest BCUT2D eigenvalue weighted by molar-refractivity contribution is -0.117. The van der Waals surface area contributed by atoms with Crippen molar-refractivity contribution in [2.24, 2.45) is 4.99 Å². The van der Waals surface area contributed by atoms with Gasteiger partial charge in [0.15, 0.2) is 4.80 Å². The molecule has 26 heavy (non-hydrogen) atoms. The highest BCUT2D eigenvalue weighted by molar-refractivity contribution is 7.16. The normalized spacial score (nSPS) is 11.8. The zero-order chi connectivity index (χ0) is 18.7. The van der Waals surface area contributed by atoms with Gasteiger partial charge in [0.1, 0.15) is 27.5 Å². The number of amides is 1. The smallest absolute Gasteiger partial charge is 0.252 e. The van der Waals surface area contributed by atoms with Crippen LogP contribution in [-0.4, -0.2) is 24.7 Å². The second-order valence-corrected chi connectivity index (χ2v) is 6.56. The molecule has 0 N–H and O–H groups in total. The molecule has 0 aliphatic rings. The van der Waals surface area contributed by atoms with E-state index in [0.717, 1.165) is 15.8 Å². The summed E-state index contributed by atoms with van der Waals surface area (Å²) in [6.45, 7) is 2.61. The maximum Gasteiger partial charge on any atom is 0.252 e. The van der Waals surface area contributed by atoms with Gasteiger partial charge in [0.05, 0.1) is 20.6 Å². The number of fused-ring (bicyclic) bond motifs is 1. The zero-order valence-corrected chi connectivity index (χ0v) is 15.6. The molecule has 0 saturated carbocycles. The molecule has 5 nitrogen and oxygen atoms in total. The van der Waals surface area contributed by atoms with Crippen LogP contribution in [0.1, 0.15) is 12.5 Å². The van der Waals surface area contributed by atoms with E-state index in [1.807, 2.05) is 23.6 Å². The molecule has 0 aliphatic carbocycles. The number of carbonyl (C=O) groups excluding carboxylic acids is 1. The van der Waals surface area contributed by atoms with Crippen molar-refractivity contribution in [1.82, 2.24) is 4.57 Å². The summed E-state index contributed by atoms with van der Waals surface area (Å²) in [4.78, 5) is 17.2. The Bertz CT molecular complexity index is 1010. The standard InChI is InChI=1S/C19H19FN2O3S/c1-4-22-17-14(24-2)9-10-15(25-3)18(17)26-19(22)21-16(23)11-12-5-7-13(20)8-6-12/h5-10H,4,11H2,1-3H3. The van der Waals surface area contributed by atoms with E-state index in [1.165, 1.54) is 23.5 Å². The van der Waals surface area contributed by atoms with E-state index in [4.69, 9.17) is 9.47 Å². The van der Waals surface area contributed by atoms with E-state index in [1.54, 1.807) is 26.4 Å². The van der Waals surface area contributed by atoms with Gasteiger partial charge in [0.25, 0.3) is 5.91 Å². The molecule has 0 fully saturated rings. The van der Waals surface area contributed by atoms with Gasteiger partial charge in [-0.2, -0.15) is 4.99 Å². The second-order valence-electron chi connectivity index (χ2n) is 5.59. The predicted molar refractivity (Wildman–Crippen MR) is 99.3 cm³/mol. The maximum absolute atomic E-state index is 13.0. The Morgan fingerprint density at radius 1 is 1.12 bits per heavy atom. The Kier molecular flexibility index (Phi) is 5.37. The fraction of sp³-hybridized carbons (Fsp3) is 0.263. The van der Waals surface area contributed by atoms with Gasteiger partial charge < -0.3 is 14.0 Å². The summed E-state index contributed by atoms with van der Waals surface area (Å²) < 4.78 is 26.7. The van der Waals surface area contributed by atoms with Crippen molar-refractivity contribution in [1.29, 1.82) is 0 Å². The molecule has 0 saturated heterocycles. The molecule has 1 aromatic heterocycles. The number of benzene rings is 2. The molecule has 7 heteroatoms. The van der Waals surface area contributed by atoms with Crippen LogP contribution in [0.25, 0.3) is 10.2 Å². The summed E-state index contributed by atoms with van der Waals surface area (Å²) in [5.74, 6) is 0.792. The Hall–Kier alpha value is -2.67. The van der Waals surface area contributed by atoms with Crippen molar-refractivity contribution in [3.05, 3.63) is 52.6 Å². The molecule has 0 radical (unpaired) electrons. The Balaban J connectivity index is 2.07. The van der Waals surface area contributed by atoms with E-state index < -0.39 is 0 Å². The Morgan fingerprint density at radius 2 is 1.77 bits per heavy atom. The van der Waals surface area contributed by atoms with Gasteiger partial charge in [-0.3, -0.25) is 4.79 Å². The molecule has 3 rings (SSSR count). The van der Waals surface area contributed by atoms with Gasteiger partial charge in [-0.05, 0) is 36.8 Å². The number of carbonyl (C=O) groups is 1. The molecule has 2 aromatic carbocycles. The van der Waals surface area contributed by atoms with Gasteiger partial charge in [-0.25, -0.2) is 4.39 Å². The first-order valence-electron chi connectivity index (χ1n) is 8.13. The topological polar surface area (TPSA) is 52.8 Å². The zero-order valence-electron chi connectivity index (χ0n) is 14.8. The molecular weight excluding hydrogens is 355 g/mol. The molecule has 136 valence electrons. The van der Waals surface area contributed by atoms with Gasteiger partial charge in [-0.15, -0.1) is 0 Å². The molecule has 1 heterocycles. The van der Waals surface area contributed by atoms with Crippen LogP contribution in [0, 0.1) is 5.82 Å². The van der Waals surface area contributed by atoms with Crippen molar-refractivity contribution < 1.29 is 18.7 Å². The van der Waals surface area contributed by atoms with Crippen molar-refractivity contribution in [3.63, 3.8) is 0 Å². The Morgan fingerprint density at radius 3 is 2.38 bits per heavy atom. The van der Waals surface area contributed by atoms with E-state index in [-0.39, 0.29) is 18.1 Å². The lowest BCUT2D eigenvalue weighted by atomic mass is 10.1. The third kappa shape index (κ3) is 3.48. The summed E-state index contributed by atoms with van der Waals surface area (Å²) >= 11 is 1.38. The summed E-state index contributed by atoms with van der Waals surface area (Å²) in [5, 5.41) is 0. The van der Waals surface area contributed by atoms with Crippen LogP contribution >= 0.6 is 11.3 Å². The quantitative estimate of drug-likeness (QED) is 0.686. The van der Waals surface area contributed by atoms with Crippen molar-refractivity contribution >= 4 is 27.5 Å². The van der Waals surface area contributed by atoms with E-state index in [2.05, 4.69) is 4.99 Å². The number of rotatable bonds is 5.